The van der Waals surface area contributed by atoms with Gasteiger partial charge < -0.3 is 5.32 Å². The Bertz CT molecular complexity index is 872. The van der Waals surface area contributed by atoms with Crippen LogP contribution in [0.4, 0.5) is 10.3 Å². The van der Waals surface area contributed by atoms with Gasteiger partial charge in [-0.2, -0.15) is 4.98 Å². The van der Waals surface area contributed by atoms with Gasteiger partial charge in [-0.25, -0.2) is 9.07 Å². The molecule has 4 rings (SSSR count). The lowest BCUT2D eigenvalue weighted by Crippen LogP contribution is -2.31. The maximum absolute atomic E-state index is 13.4. The minimum absolute atomic E-state index is 0.115. The summed E-state index contributed by atoms with van der Waals surface area (Å²) >= 11 is 1.48. The number of hydrogen-bond acceptors (Lipinski definition) is 5. The Morgan fingerprint density at radius 2 is 2.16 bits per heavy atom. The summed E-state index contributed by atoms with van der Waals surface area (Å²) in [5.74, 6) is 1.14. The molecule has 1 aliphatic carbocycles. The zero-order chi connectivity index (χ0) is 17.4. The third-order valence-corrected chi connectivity index (χ3v) is 5.20. The van der Waals surface area contributed by atoms with E-state index in [1.807, 2.05) is 0 Å². The molecule has 0 bridgehead atoms. The number of nitrogens with one attached hydrogen (secondary N) is 1. The highest BCUT2D eigenvalue weighted by atomic mass is 32.2. The average molecular weight is 356 g/mol. The molecule has 25 heavy (non-hydrogen) atoms. The zero-order valence-electron chi connectivity index (χ0n) is 13.5. The number of anilines is 1. The van der Waals surface area contributed by atoms with Crippen molar-refractivity contribution in [1.82, 2.24) is 14.8 Å². The molecule has 128 valence electrons. The second-order valence-electron chi connectivity index (χ2n) is 6.01. The number of allylic oxidation sites excluding steroid dienone is 2. The first kappa shape index (κ1) is 16.1. The SMILES string of the molecule is C=CCSc1nc2n(n1)C(c1ccc(F)cc1)C1=C(CCCC1=O)N2. The summed E-state index contributed by atoms with van der Waals surface area (Å²) in [6.45, 7) is 3.71. The highest BCUT2D eigenvalue weighted by Gasteiger charge is 2.36. The molecule has 0 saturated carbocycles. The molecule has 2 aromatic rings. The summed E-state index contributed by atoms with van der Waals surface area (Å²) in [4.78, 5) is 17.1. The quantitative estimate of drug-likeness (QED) is 0.668. The van der Waals surface area contributed by atoms with Gasteiger partial charge in [-0.3, -0.25) is 4.79 Å². The fourth-order valence-electron chi connectivity index (χ4n) is 3.28. The van der Waals surface area contributed by atoms with E-state index in [2.05, 4.69) is 22.0 Å². The maximum Gasteiger partial charge on any atom is 0.227 e. The molecule has 1 atom stereocenters. The number of thioether (sulfide) groups is 1. The summed E-state index contributed by atoms with van der Waals surface area (Å²) < 4.78 is 15.1. The monoisotopic (exact) mass is 356 g/mol. The standard InChI is InChI=1S/C18H17FN4OS/c1-2-10-25-18-21-17-20-13-4-3-5-14(24)15(13)16(23(17)22-18)11-6-8-12(19)9-7-11/h2,6-9,16H,1,3-5,10H2,(H,20,21,22). The lowest BCUT2D eigenvalue weighted by atomic mass is 9.85. The van der Waals surface area contributed by atoms with Gasteiger partial charge in [0.1, 0.15) is 11.9 Å². The smallest absolute Gasteiger partial charge is 0.227 e. The van der Waals surface area contributed by atoms with Gasteiger partial charge in [0, 0.05) is 23.4 Å². The van der Waals surface area contributed by atoms with Crippen molar-refractivity contribution >= 4 is 23.5 Å². The number of aromatic nitrogens is 3. The molecular formula is C18H17FN4OS. The van der Waals surface area contributed by atoms with E-state index in [0.29, 0.717) is 23.3 Å². The number of nitrogens with zero attached hydrogens (tertiary/aromatic N) is 3. The number of carbonyl (C=O) groups is 1. The summed E-state index contributed by atoms with van der Waals surface area (Å²) in [6, 6.07) is 5.87. The minimum Gasteiger partial charge on any atom is -0.328 e. The third kappa shape index (κ3) is 2.89. The number of halogens is 1. The minimum atomic E-state index is -0.370. The van der Waals surface area contributed by atoms with E-state index in [0.717, 1.165) is 29.7 Å². The van der Waals surface area contributed by atoms with Crippen molar-refractivity contribution in [1.29, 1.82) is 0 Å². The normalized spacial score (nSPS) is 19.2. The van der Waals surface area contributed by atoms with E-state index < -0.39 is 0 Å². The van der Waals surface area contributed by atoms with E-state index in [9.17, 15) is 9.18 Å². The summed E-state index contributed by atoms with van der Waals surface area (Å²) in [5, 5.41) is 8.47. The molecule has 1 unspecified atom stereocenters. The van der Waals surface area contributed by atoms with E-state index in [1.54, 1.807) is 22.9 Å². The van der Waals surface area contributed by atoms with Gasteiger partial charge in [0.05, 0.1) is 0 Å². The lowest BCUT2D eigenvalue weighted by molar-refractivity contribution is -0.116. The Morgan fingerprint density at radius 1 is 1.36 bits per heavy atom. The first-order chi connectivity index (χ1) is 12.2. The van der Waals surface area contributed by atoms with Crippen LogP contribution in [0.3, 0.4) is 0 Å². The van der Waals surface area contributed by atoms with Crippen molar-refractivity contribution in [3.8, 4) is 0 Å². The van der Waals surface area contributed by atoms with Crippen molar-refractivity contribution in [3.05, 3.63) is 59.6 Å². The average Bonchev–Trinajstić information content (AvgIpc) is 3.01. The maximum atomic E-state index is 13.4. The van der Waals surface area contributed by atoms with Crippen LogP contribution in [-0.4, -0.2) is 26.3 Å². The highest BCUT2D eigenvalue weighted by molar-refractivity contribution is 7.99. The van der Waals surface area contributed by atoms with Crippen molar-refractivity contribution < 1.29 is 9.18 Å². The largest absolute Gasteiger partial charge is 0.328 e. The first-order valence-corrected chi connectivity index (χ1v) is 9.15. The Balaban J connectivity index is 1.83. The van der Waals surface area contributed by atoms with Crippen molar-refractivity contribution in [2.24, 2.45) is 0 Å². The molecule has 1 aromatic carbocycles. The Hall–Kier alpha value is -2.41. The molecule has 0 spiro atoms. The zero-order valence-corrected chi connectivity index (χ0v) is 14.4. The summed E-state index contributed by atoms with van der Waals surface area (Å²) in [6.07, 6.45) is 3.95. The van der Waals surface area contributed by atoms with E-state index in [1.165, 1.54) is 23.9 Å². The topological polar surface area (TPSA) is 59.8 Å². The number of fused-ring (bicyclic) bond motifs is 1. The molecular weight excluding hydrogens is 339 g/mol. The van der Waals surface area contributed by atoms with Crippen molar-refractivity contribution in [2.75, 3.05) is 11.1 Å². The molecule has 0 amide bonds. The first-order valence-electron chi connectivity index (χ1n) is 8.16. The summed E-state index contributed by atoms with van der Waals surface area (Å²) in [5.41, 5.74) is 2.46. The van der Waals surface area contributed by atoms with Crippen molar-refractivity contribution in [3.63, 3.8) is 0 Å². The van der Waals surface area contributed by atoms with E-state index >= 15 is 0 Å². The fourth-order valence-corrected chi connectivity index (χ4v) is 3.85. The number of ketones is 1. The van der Waals surface area contributed by atoms with Gasteiger partial charge in [0.15, 0.2) is 5.78 Å². The van der Waals surface area contributed by atoms with Gasteiger partial charge >= 0.3 is 0 Å². The fraction of sp³-hybridized carbons (Fsp3) is 0.278. The predicted molar refractivity (Wildman–Crippen MR) is 95.0 cm³/mol. The van der Waals surface area contributed by atoms with Gasteiger partial charge in [0.25, 0.3) is 0 Å². The molecule has 1 N–H and O–H groups in total. The van der Waals surface area contributed by atoms with Crippen LogP contribution in [0.5, 0.6) is 0 Å². The number of benzene rings is 1. The molecule has 0 fully saturated rings. The van der Waals surface area contributed by atoms with Gasteiger partial charge in [0.2, 0.25) is 11.1 Å². The van der Waals surface area contributed by atoms with E-state index in [4.69, 9.17) is 0 Å². The third-order valence-electron chi connectivity index (χ3n) is 4.36. The van der Waals surface area contributed by atoms with Gasteiger partial charge in [-0.05, 0) is 30.5 Å². The lowest BCUT2D eigenvalue weighted by Gasteiger charge is -2.32. The summed E-state index contributed by atoms with van der Waals surface area (Å²) in [7, 11) is 0. The Kier molecular flexibility index (Phi) is 4.17. The van der Waals surface area contributed by atoms with Crippen LogP contribution in [0.25, 0.3) is 0 Å². The second-order valence-corrected chi connectivity index (χ2v) is 7.00. The number of rotatable bonds is 4. The highest BCUT2D eigenvalue weighted by Crippen LogP contribution is 2.40. The Morgan fingerprint density at radius 3 is 2.92 bits per heavy atom. The second kappa shape index (κ2) is 6.48. The van der Waals surface area contributed by atoms with Crippen LogP contribution in [0, 0.1) is 5.82 Å². The molecule has 5 nitrogen and oxygen atoms in total. The number of hydrogen-bond donors (Lipinski definition) is 1. The van der Waals surface area contributed by atoms with Crippen LogP contribution in [-0.2, 0) is 4.79 Å². The molecule has 0 saturated heterocycles. The molecule has 2 aliphatic rings. The Labute approximate surface area is 149 Å². The predicted octanol–water partition coefficient (Wildman–Crippen LogP) is 3.72. The van der Waals surface area contributed by atoms with Gasteiger partial charge in [-0.15, -0.1) is 11.7 Å². The van der Waals surface area contributed by atoms with Crippen LogP contribution in [0.1, 0.15) is 30.9 Å². The molecule has 1 aliphatic heterocycles. The van der Waals surface area contributed by atoms with Crippen LogP contribution in [0.15, 0.2) is 53.3 Å². The molecule has 1 aromatic heterocycles. The number of Topliss-reactive ketones (excluding diaryl/α,β-unsaturated/α-hetero) is 1. The van der Waals surface area contributed by atoms with Gasteiger partial charge in [-0.1, -0.05) is 30.0 Å². The molecule has 2 heterocycles. The van der Waals surface area contributed by atoms with Crippen LogP contribution >= 0.6 is 11.8 Å². The van der Waals surface area contributed by atoms with Crippen LogP contribution < -0.4 is 5.32 Å². The molecule has 0 radical (unpaired) electrons. The number of carbonyl (C=O) groups excluding carboxylic acids is 1. The molecule has 7 heteroatoms. The van der Waals surface area contributed by atoms with Crippen LogP contribution in [0.2, 0.25) is 0 Å². The van der Waals surface area contributed by atoms with Crippen molar-refractivity contribution in [2.45, 2.75) is 30.5 Å². The van der Waals surface area contributed by atoms with E-state index in [-0.39, 0.29) is 17.6 Å².